The van der Waals surface area contributed by atoms with E-state index in [1.165, 1.54) is 4.90 Å². The predicted molar refractivity (Wildman–Crippen MR) is 105 cm³/mol. The van der Waals surface area contributed by atoms with Crippen molar-refractivity contribution in [3.05, 3.63) is 64.4 Å². The van der Waals surface area contributed by atoms with E-state index in [1.54, 1.807) is 42.5 Å². The number of hydrogen-bond acceptors (Lipinski definition) is 4. The second-order valence-corrected chi connectivity index (χ2v) is 7.16. The highest BCUT2D eigenvalue weighted by molar-refractivity contribution is 6.31. The molecule has 1 aromatic heterocycles. The number of carbonyl (C=O) groups excluding carboxylic acids is 3. The summed E-state index contributed by atoms with van der Waals surface area (Å²) in [6, 6.07) is 12.2. The highest BCUT2D eigenvalue weighted by Crippen LogP contribution is 2.28. The van der Waals surface area contributed by atoms with Crippen LogP contribution in [0.2, 0.25) is 5.02 Å². The molecule has 1 saturated heterocycles. The number of fused-ring (bicyclic) bond motifs is 1. The van der Waals surface area contributed by atoms with Gasteiger partial charge >= 0.3 is 0 Å². The van der Waals surface area contributed by atoms with E-state index in [2.05, 4.69) is 5.32 Å². The zero-order valence-corrected chi connectivity index (χ0v) is 15.9. The molecule has 4 rings (SSSR count). The molecule has 1 N–H and O–H groups in total. The average Bonchev–Trinajstić information content (AvgIpc) is 3.17. The van der Waals surface area contributed by atoms with Gasteiger partial charge < -0.3 is 9.73 Å². The van der Waals surface area contributed by atoms with E-state index in [0.717, 1.165) is 16.5 Å². The number of nitrogens with one attached hydrogen (secondary N) is 1. The van der Waals surface area contributed by atoms with E-state index < -0.39 is 0 Å². The number of imide groups is 1. The summed E-state index contributed by atoms with van der Waals surface area (Å²) in [5.74, 6) is -0.428. The quantitative estimate of drug-likeness (QED) is 0.667. The molecule has 0 radical (unpaired) electrons. The van der Waals surface area contributed by atoms with Gasteiger partial charge in [0.25, 0.3) is 5.91 Å². The number of carbonyl (C=O) groups is 3. The molecular weight excluding hydrogens is 380 g/mol. The lowest BCUT2D eigenvalue weighted by Gasteiger charge is -2.14. The van der Waals surface area contributed by atoms with E-state index in [0.29, 0.717) is 16.3 Å². The summed E-state index contributed by atoms with van der Waals surface area (Å²) in [5, 5.41) is 4.18. The molecule has 2 heterocycles. The molecule has 6 nitrogen and oxygen atoms in total. The van der Waals surface area contributed by atoms with E-state index in [1.807, 2.05) is 6.92 Å². The van der Waals surface area contributed by atoms with Crippen LogP contribution in [-0.2, 0) is 16.1 Å². The molecule has 0 unspecified atom stereocenters. The second kappa shape index (κ2) is 7.13. The van der Waals surface area contributed by atoms with Crippen LogP contribution >= 0.6 is 11.6 Å². The summed E-state index contributed by atoms with van der Waals surface area (Å²) in [5.41, 5.74) is 2.72. The fourth-order valence-electron chi connectivity index (χ4n) is 3.27. The summed E-state index contributed by atoms with van der Waals surface area (Å²) < 4.78 is 5.67. The number of anilines is 1. The largest absolute Gasteiger partial charge is 0.451 e. The Bertz CT molecular complexity index is 1090. The fourth-order valence-corrected chi connectivity index (χ4v) is 3.44. The number of rotatable bonds is 4. The molecule has 0 spiro atoms. The number of nitrogens with zero attached hydrogens (tertiary/aromatic N) is 1. The van der Waals surface area contributed by atoms with Crippen LogP contribution in [0.1, 0.15) is 34.5 Å². The molecule has 0 saturated carbocycles. The topological polar surface area (TPSA) is 79.6 Å². The monoisotopic (exact) mass is 396 g/mol. The van der Waals surface area contributed by atoms with Crippen LogP contribution in [0.4, 0.5) is 5.69 Å². The highest BCUT2D eigenvalue weighted by Gasteiger charge is 2.28. The standard InChI is InChI=1S/C21H17ClN2O4/c1-12-16-10-14(22)4-7-17(16)28-20(12)21(27)23-15-5-2-13(3-6-15)11-24-18(25)8-9-19(24)26/h2-7,10H,8-9,11H2,1H3,(H,23,27). The first-order valence-corrected chi connectivity index (χ1v) is 9.22. The van der Waals surface area contributed by atoms with Gasteiger partial charge in [-0.1, -0.05) is 23.7 Å². The molecule has 142 valence electrons. The second-order valence-electron chi connectivity index (χ2n) is 6.72. The lowest BCUT2D eigenvalue weighted by atomic mass is 10.1. The lowest BCUT2D eigenvalue weighted by molar-refractivity contribution is -0.139. The first kappa shape index (κ1) is 18.3. The Morgan fingerprint density at radius 2 is 1.79 bits per heavy atom. The number of halogens is 1. The highest BCUT2D eigenvalue weighted by atomic mass is 35.5. The van der Waals surface area contributed by atoms with Crippen molar-refractivity contribution in [1.82, 2.24) is 4.90 Å². The van der Waals surface area contributed by atoms with Crippen LogP contribution in [0, 0.1) is 6.92 Å². The van der Waals surface area contributed by atoms with Gasteiger partial charge in [0, 0.05) is 34.5 Å². The third-order valence-corrected chi connectivity index (χ3v) is 5.05. The maximum atomic E-state index is 12.6. The normalized spacial score (nSPS) is 14.1. The summed E-state index contributed by atoms with van der Waals surface area (Å²) in [6.07, 6.45) is 0.546. The summed E-state index contributed by atoms with van der Waals surface area (Å²) >= 11 is 6.02. The van der Waals surface area contributed by atoms with Gasteiger partial charge in [-0.05, 0) is 42.8 Å². The van der Waals surface area contributed by atoms with Crippen molar-refractivity contribution in [1.29, 1.82) is 0 Å². The molecule has 1 aliphatic heterocycles. The Kier molecular flexibility index (Phi) is 4.65. The van der Waals surface area contributed by atoms with Gasteiger partial charge in [0.15, 0.2) is 5.76 Å². The van der Waals surface area contributed by atoms with Crippen LogP contribution in [0.15, 0.2) is 46.9 Å². The molecule has 3 aromatic rings. The smallest absolute Gasteiger partial charge is 0.291 e. The van der Waals surface area contributed by atoms with Gasteiger partial charge in [0.2, 0.25) is 11.8 Å². The summed E-state index contributed by atoms with van der Waals surface area (Å²) in [6.45, 7) is 2.06. The Hall–Kier alpha value is -3.12. The third kappa shape index (κ3) is 3.39. The Morgan fingerprint density at radius 3 is 2.46 bits per heavy atom. The summed E-state index contributed by atoms with van der Waals surface area (Å²) in [4.78, 5) is 37.3. The van der Waals surface area contributed by atoms with Crippen molar-refractivity contribution in [3.63, 3.8) is 0 Å². The van der Waals surface area contributed by atoms with Crippen molar-refractivity contribution >= 4 is 46.0 Å². The number of likely N-dealkylation sites (tertiary alicyclic amines) is 1. The summed E-state index contributed by atoms with van der Waals surface area (Å²) in [7, 11) is 0. The zero-order valence-electron chi connectivity index (χ0n) is 15.1. The first-order valence-electron chi connectivity index (χ1n) is 8.84. The third-order valence-electron chi connectivity index (χ3n) is 4.81. The molecule has 0 aliphatic carbocycles. The van der Waals surface area contributed by atoms with Crippen molar-refractivity contribution in [2.75, 3.05) is 5.32 Å². The van der Waals surface area contributed by atoms with Gasteiger partial charge in [-0.2, -0.15) is 0 Å². The van der Waals surface area contributed by atoms with E-state index >= 15 is 0 Å². The Balaban J connectivity index is 1.48. The Labute approximate surface area is 166 Å². The molecule has 0 bridgehead atoms. The fraction of sp³-hybridized carbons (Fsp3) is 0.190. The van der Waals surface area contributed by atoms with Crippen LogP contribution in [0.25, 0.3) is 11.0 Å². The van der Waals surface area contributed by atoms with Gasteiger partial charge in [-0.15, -0.1) is 0 Å². The minimum atomic E-state index is -0.359. The van der Waals surface area contributed by atoms with Crippen molar-refractivity contribution in [2.45, 2.75) is 26.3 Å². The molecule has 0 atom stereocenters. The molecule has 28 heavy (non-hydrogen) atoms. The maximum absolute atomic E-state index is 12.6. The number of benzene rings is 2. The molecule has 7 heteroatoms. The number of furan rings is 1. The van der Waals surface area contributed by atoms with Crippen LogP contribution in [0.3, 0.4) is 0 Å². The number of hydrogen-bond donors (Lipinski definition) is 1. The predicted octanol–water partition coefficient (Wildman–Crippen LogP) is 4.30. The minimum Gasteiger partial charge on any atom is -0.451 e. The molecule has 3 amide bonds. The maximum Gasteiger partial charge on any atom is 0.291 e. The van der Waals surface area contributed by atoms with Crippen LogP contribution in [-0.4, -0.2) is 22.6 Å². The lowest BCUT2D eigenvalue weighted by Crippen LogP contribution is -2.28. The molecular formula is C21H17ClN2O4. The SMILES string of the molecule is Cc1c(C(=O)Nc2ccc(CN3C(=O)CCC3=O)cc2)oc2ccc(Cl)cc12. The van der Waals surface area contributed by atoms with Gasteiger partial charge in [-0.25, -0.2) is 0 Å². The van der Waals surface area contributed by atoms with Crippen LogP contribution < -0.4 is 5.32 Å². The zero-order chi connectivity index (χ0) is 19.8. The average molecular weight is 397 g/mol. The first-order chi connectivity index (χ1) is 13.4. The van der Waals surface area contributed by atoms with Gasteiger partial charge in [0.05, 0.1) is 6.54 Å². The van der Waals surface area contributed by atoms with Gasteiger partial charge in [-0.3, -0.25) is 19.3 Å². The Morgan fingerprint density at radius 1 is 1.11 bits per heavy atom. The van der Waals surface area contributed by atoms with Gasteiger partial charge in [0.1, 0.15) is 5.58 Å². The van der Waals surface area contributed by atoms with E-state index in [9.17, 15) is 14.4 Å². The van der Waals surface area contributed by atoms with E-state index in [4.69, 9.17) is 16.0 Å². The van der Waals surface area contributed by atoms with Crippen molar-refractivity contribution in [3.8, 4) is 0 Å². The van der Waals surface area contributed by atoms with Crippen molar-refractivity contribution in [2.24, 2.45) is 0 Å². The van der Waals surface area contributed by atoms with Crippen molar-refractivity contribution < 1.29 is 18.8 Å². The minimum absolute atomic E-state index is 0.150. The van der Waals surface area contributed by atoms with E-state index in [-0.39, 0.29) is 42.9 Å². The molecule has 1 fully saturated rings. The molecule has 2 aromatic carbocycles. The van der Waals surface area contributed by atoms with Crippen LogP contribution in [0.5, 0.6) is 0 Å². The molecule has 1 aliphatic rings. The number of amides is 3. The number of aryl methyl sites for hydroxylation is 1.